The van der Waals surface area contributed by atoms with Gasteiger partial charge < -0.3 is 0 Å². The third kappa shape index (κ3) is 1.57. The number of alkyl halides is 2. The van der Waals surface area contributed by atoms with E-state index < -0.39 is 6.43 Å². The number of aryl methyl sites for hydroxylation is 1. The first-order chi connectivity index (χ1) is 6.58. The van der Waals surface area contributed by atoms with Crippen molar-refractivity contribution in [3.8, 4) is 0 Å². The maximum absolute atomic E-state index is 12.6. The van der Waals surface area contributed by atoms with Gasteiger partial charge in [-0.25, -0.2) is 18.7 Å². The molecule has 0 bridgehead atoms. The van der Waals surface area contributed by atoms with Gasteiger partial charge in [0, 0.05) is 11.3 Å². The number of aromatic nitrogens is 2. The van der Waals surface area contributed by atoms with Crippen LogP contribution in [0, 0.1) is 6.92 Å². The molecule has 0 N–H and O–H groups in total. The van der Waals surface area contributed by atoms with Crippen molar-refractivity contribution in [3.63, 3.8) is 0 Å². The summed E-state index contributed by atoms with van der Waals surface area (Å²) in [6.07, 6.45) is -2.52. The summed E-state index contributed by atoms with van der Waals surface area (Å²) in [5.41, 5.74) is 0.780. The first-order valence-corrected chi connectivity index (χ1v) is 4.99. The highest BCUT2D eigenvalue weighted by Crippen LogP contribution is 2.33. The lowest BCUT2D eigenvalue weighted by molar-refractivity contribution is 0.153. The summed E-state index contributed by atoms with van der Waals surface area (Å²) in [4.78, 5) is 7.88. The van der Waals surface area contributed by atoms with Crippen molar-refractivity contribution in [1.82, 2.24) is 9.97 Å². The molecule has 2 aromatic rings. The third-order valence-corrected chi connectivity index (χ3v) is 2.93. The van der Waals surface area contributed by atoms with Crippen LogP contribution < -0.4 is 0 Å². The maximum atomic E-state index is 12.6. The van der Waals surface area contributed by atoms with E-state index in [1.807, 2.05) is 0 Å². The number of hydrogen-bond donors (Lipinski definition) is 0. The zero-order valence-corrected chi connectivity index (χ0v) is 8.66. The molecule has 0 aliphatic rings. The van der Waals surface area contributed by atoms with E-state index in [1.54, 1.807) is 6.92 Å². The molecule has 0 fully saturated rings. The van der Waals surface area contributed by atoms with Gasteiger partial charge >= 0.3 is 0 Å². The molecule has 2 aromatic heterocycles. The van der Waals surface area contributed by atoms with Crippen LogP contribution >= 0.6 is 22.9 Å². The van der Waals surface area contributed by atoms with Gasteiger partial charge in [-0.05, 0) is 13.0 Å². The van der Waals surface area contributed by atoms with Gasteiger partial charge in [-0.15, -0.1) is 11.3 Å². The van der Waals surface area contributed by atoms with E-state index in [0.717, 1.165) is 11.3 Å². The summed E-state index contributed by atoms with van der Waals surface area (Å²) in [6, 6.07) is 1.36. The fourth-order valence-corrected chi connectivity index (χ4v) is 2.26. The molecule has 0 saturated heterocycles. The average Bonchev–Trinajstić information content (AvgIpc) is 2.42. The van der Waals surface area contributed by atoms with E-state index >= 15 is 0 Å². The Bertz CT molecular complexity index is 483. The summed E-state index contributed by atoms with van der Waals surface area (Å²) in [7, 11) is 0. The van der Waals surface area contributed by atoms with E-state index in [1.165, 1.54) is 6.07 Å². The second kappa shape index (κ2) is 3.40. The number of hydrogen-bond acceptors (Lipinski definition) is 3. The van der Waals surface area contributed by atoms with Crippen LogP contribution in [0.1, 0.15) is 17.7 Å². The highest BCUT2D eigenvalue weighted by Gasteiger charge is 2.16. The molecule has 0 spiro atoms. The number of halogens is 3. The molecular formula is C8H5ClF2N2S. The van der Waals surface area contributed by atoms with Crippen molar-refractivity contribution in [2.75, 3.05) is 0 Å². The molecule has 2 rings (SSSR count). The SMILES string of the molecule is Cc1cc(C(F)F)c2sc(Cl)nc2n1. The lowest BCUT2D eigenvalue weighted by atomic mass is 10.2. The lowest BCUT2D eigenvalue weighted by Crippen LogP contribution is -1.90. The van der Waals surface area contributed by atoms with Gasteiger partial charge in [0.2, 0.25) is 0 Å². The fraction of sp³-hybridized carbons (Fsp3) is 0.250. The van der Waals surface area contributed by atoms with Crippen molar-refractivity contribution in [1.29, 1.82) is 0 Å². The molecule has 14 heavy (non-hydrogen) atoms. The van der Waals surface area contributed by atoms with Gasteiger partial charge in [-0.2, -0.15) is 0 Å². The molecule has 0 radical (unpaired) electrons. The monoisotopic (exact) mass is 234 g/mol. The molecule has 0 saturated carbocycles. The smallest absolute Gasteiger partial charge is 0.233 e. The van der Waals surface area contributed by atoms with E-state index in [2.05, 4.69) is 9.97 Å². The molecule has 0 atom stereocenters. The van der Waals surface area contributed by atoms with Crippen LogP contribution in [0.3, 0.4) is 0 Å². The maximum Gasteiger partial charge on any atom is 0.265 e. The summed E-state index contributed by atoms with van der Waals surface area (Å²) in [5, 5.41) is 0. The summed E-state index contributed by atoms with van der Waals surface area (Å²) >= 11 is 6.66. The zero-order valence-electron chi connectivity index (χ0n) is 7.09. The van der Waals surface area contributed by atoms with Crippen LogP contribution in [0.5, 0.6) is 0 Å². The first kappa shape index (κ1) is 9.73. The van der Waals surface area contributed by atoms with Crippen LogP contribution in [0.4, 0.5) is 8.78 Å². The predicted molar refractivity (Wildman–Crippen MR) is 52.1 cm³/mol. The van der Waals surface area contributed by atoms with Gasteiger partial charge in [0.25, 0.3) is 6.43 Å². The minimum Gasteiger partial charge on any atom is -0.233 e. The molecular weight excluding hydrogens is 230 g/mol. The summed E-state index contributed by atoms with van der Waals surface area (Å²) in [6.45, 7) is 1.65. The van der Waals surface area contributed by atoms with Gasteiger partial charge in [0.05, 0.1) is 4.70 Å². The van der Waals surface area contributed by atoms with Gasteiger partial charge in [-0.1, -0.05) is 11.6 Å². The highest BCUT2D eigenvalue weighted by atomic mass is 35.5. The summed E-state index contributed by atoms with van der Waals surface area (Å²) in [5.74, 6) is 0. The number of rotatable bonds is 1. The highest BCUT2D eigenvalue weighted by molar-refractivity contribution is 7.22. The molecule has 0 aromatic carbocycles. The van der Waals surface area contributed by atoms with E-state index in [0.29, 0.717) is 16.0 Å². The standard InChI is InChI=1S/C8H5ClF2N2S/c1-3-2-4(6(10)11)5-7(12-3)13-8(9)14-5/h2,6H,1H3. The number of pyridine rings is 1. The Morgan fingerprint density at radius 1 is 1.43 bits per heavy atom. The number of fused-ring (bicyclic) bond motifs is 1. The van der Waals surface area contributed by atoms with Gasteiger partial charge in [0.1, 0.15) is 0 Å². The van der Waals surface area contributed by atoms with E-state index in [9.17, 15) is 8.78 Å². The lowest BCUT2D eigenvalue weighted by Gasteiger charge is -2.01. The Morgan fingerprint density at radius 2 is 2.14 bits per heavy atom. The molecule has 0 aliphatic heterocycles. The first-order valence-electron chi connectivity index (χ1n) is 3.79. The molecule has 74 valence electrons. The van der Waals surface area contributed by atoms with Crippen LogP contribution in [0.2, 0.25) is 4.47 Å². The Kier molecular flexibility index (Phi) is 2.36. The second-order valence-electron chi connectivity index (χ2n) is 2.77. The minimum atomic E-state index is -2.52. The van der Waals surface area contributed by atoms with Crippen molar-refractivity contribution < 1.29 is 8.78 Å². The average molecular weight is 235 g/mol. The van der Waals surface area contributed by atoms with Gasteiger partial charge in [0.15, 0.2) is 10.1 Å². The topological polar surface area (TPSA) is 25.8 Å². The number of thiazole rings is 1. The Morgan fingerprint density at radius 3 is 2.79 bits per heavy atom. The largest absolute Gasteiger partial charge is 0.265 e. The molecule has 6 heteroatoms. The molecule has 0 aliphatic carbocycles. The van der Waals surface area contributed by atoms with Crippen LogP contribution in [0.25, 0.3) is 10.3 Å². The van der Waals surface area contributed by atoms with Crippen LogP contribution in [0.15, 0.2) is 6.07 Å². The van der Waals surface area contributed by atoms with Crippen LogP contribution in [-0.2, 0) is 0 Å². The zero-order chi connectivity index (χ0) is 10.3. The Labute approximate surface area is 87.6 Å². The fourth-order valence-electron chi connectivity index (χ4n) is 1.20. The van der Waals surface area contributed by atoms with Crippen molar-refractivity contribution >= 4 is 33.3 Å². The second-order valence-corrected chi connectivity index (χ2v) is 4.35. The Hall–Kier alpha value is -0.810. The minimum absolute atomic E-state index is 0.0445. The van der Waals surface area contributed by atoms with Crippen molar-refractivity contribution in [3.05, 3.63) is 21.8 Å². The van der Waals surface area contributed by atoms with E-state index in [4.69, 9.17) is 11.6 Å². The summed E-state index contributed by atoms with van der Waals surface area (Å²) < 4.78 is 25.8. The quantitative estimate of drug-likeness (QED) is 0.754. The normalized spacial score (nSPS) is 11.5. The van der Waals surface area contributed by atoms with Gasteiger partial charge in [-0.3, -0.25) is 0 Å². The van der Waals surface area contributed by atoms with E-state index in [-0.39, 0.29) is 10.0 Å². The van der Waals surface area contributed by atoms with Crippen molar-refractivity contribution in [2.24, 2.45) is 0 Å². The number of nitrogens with zero attached hydrogens (tertiary/aromatic N) is 2. The molecule has 0 amide bonds. The third-order valence-electron chi connectivity index (χ3n) is 1.73. The molecule has 2 heterocycles. The molecule has 2 nitrogen and oxygen atoms in total. The predicted octanol–water partition coefficient (Wildman–Crippen LogP) is 3.59. The Balaban J connectivity index is 2.79. The molecule has 0 unspecified atom stereocenters. The van der Waals surface area contributed by atoms with Crippen LogP contribution in [-0.4, -0.2) is 9.97 Å². The van der Waals surface area contributed by atoms with Crippen molar-refractivity contribution in [2.45, 2.75) is 13.3 Å².